The standard InChI is InChI=1S/C17H26N4O2.ClH/c1-17(2,15(22)21-10-8-13(12-18)9-11-21)20-16(23)19-14-6-4-3-5-7-14;/h3-7,13H,8-12,18H2,1-2H3,(H2,19,20,23);1H. The molecule has 1 aromatic carbocycles. The third kappa shape index (κ3) is 5.39. The van der Waals surface area contributed by atoms with Crippen molar-refractivity contribution in [2.45, 2.75) is 32.2 Å². The summed E-state index contributed by atoms with van der Waals surface area (Å²) in [5.41, 5.74) is 5.42. The average molecular weight is 355 g/mol. The normalized spacial score (nSPS) is 15.4. The van der Waals surface area contributed by atoms with E-state index in [1.165, 1.54) is 0 Å². The van der Waals surface area contributed by atoms with E-state index in [1.54, 1.807) is 26.0 Å². The smallest absolute Gasteiger partial charge is 0.320 e. The van der Waals surface area contributed by atoms with E-state index < -0.39 is 5.54 Å². The van der Waals surface area contributed by atoms with Crippen LogP contribution in [0.2, 0.25) is 0 Å². The molecule has 1 heterocycles. The Kier molecular flexibility index (Phi) is 7.51. The third-order valence-electron chi connectivity index (χ3n) is 4.23. The predicted molar refractivity (Wildman–Crippen MR) is 98.3 cm³/mol. The Hall–Kier alpha value is -1.79. The van der Waals surface area contributed by atoms with Crippen molar-refractivity contribution in [2.75, 3.05) is 25.0 Å². The lowest BCUT2D eigenvalue weighted by Crippen LogP contribution is -2.58. The van der Waals surface area contributed by atoms with Crippen LogP contribution in [0.25, 0.3) is 0 Å². The fraction of sp³-hybridized carbons (Fsp3) is 0.529. The number of amides is 3. The van der Waals surface area contributed by atoms with Gasteiger partial charge in [-0.2, -0.15) is 0 Å². The fourth-order valence-electron chi connectivity index (χ4n) is 2.79. The van der Waals surface area contributed by atoms with Gasteiger partial charge in [0.1, 0.15) is 5.54 Å². The van der Waals surface area contributed by atoms with Crippen LogP contribution in [0.1, 0.15) is 26.7 Å². The summed E-state index contributed by atoms with van der Waals surface area (Å²) in [7, 11) is 0. The Labute approximate surface area is 149 Å². The van der Waals surface area contributed by atoms with Gasteiger partial charge in [-0.1, -0.05) is 18.2 Å². The van der Waals surface area contributed by atoms with Gasteiger partial charge in [0.05, 0.1) is 0 Å². The molecule has 4 N–H and O–H groups in total. The zero-order valence-corrected chi connectivity index (χ0v) is 15.1. The number of piperidine rings is 1. The van der Waals surface area contributed by atoms with Crippen LogP contribution in [0.15, 0.2) is 30.3 Å². The minimum absolute atomic E-state index is 0. The molecule has 3 amide bonds. The summed E-state index contributed by atoms with van der Waals surface area (Å²) in [6, 6.07) is 8.77. The van der Waals surface area contributed by atoms with Crippen LogP contribution in [0, 0.1) is 5.92 Å². The monoisotopic (exact) mass is 354 g/mol. The molecule has 1 saturated heterocycles. The minimum Gasteiger partial charge on any atom is -0.341 e. The number of nitrogens with zero attached hydrogens (tertiary/aromatic N) is 1. The van der Waals surface area contributed by atoms with E-state index >= 15 is 0 Å². The molecule has 0 bridgehead atoms. The van der Waals surface area contributed by atoms with E-state index in [4.69, 9.17) is 5.73 Å². The second-order valence-electron chi connectivity index (χ2n) is 6.54. The van der Waals surface area contributed by atoms with Gasteiger partial charge in [-0.15, -0.1) is 12.4 Å². The molecule has 1 aliphatic rings. The predicted octanol–water partition coefficient (Wildman–Crippen LogP) is 2.21. The van der Waals surface area contributed by atoms with Gasteiger partial charge in [0.25, 0.3) is 0 Å². The minimum atomic E-state index is -0.950. The number of hydrogen-bond acceptors (Lipinski definition) is 3. The lowest BCUT2D eigenvalue weighted by Gasteiger charge is -2.37. The van der Waals surface area contributed by atoms with E-state index in [0.717, 1.165) is 12.8 Å². The highest BCUT2D eigenvalue weighted by Crippen LogP contribution is 2.19. The summed E-state index contributed by atoms with van der Waals surface area (Å²) in [6.45, 7) is 5.53. The van der Waals surface area contributed by atoms with Crippen LogP contribution >= 0.6 is 12.4 Å². The molecule has 7 heteroatoms. The number of urea groups is 1. The van der Waals surface area contributed by atoms with Gasteiger partial charge in [0, 0.05) is 18.8 Å². The van der Waals surface area contributed by atoms with E-state index in [9.17, 15) is 9.59 Å². The van der Waals surface area contributed by atoms with Gasteiger partial charge in [-0.3, -0.25) is 4.79 Å². The molecule has 0 unspecified atom stereocenters. The fourth-order valence-corrected chi connectivity index (χ4v) is 2.79. The highest BCUT2D eigenvalue weighted by Gasteiger charge is 2.35. The Balaban J connectivity index is 0.00000288. The number of halogens is 1. The maximum absolute atomic E-state index is 12.7. The van der Waals surface area contributed by atoms with E-state index in [0.29, 0.717) is 31.2 Å². The molecule has 134 valence electrons. The lowest BCUT2D eigenvalue weighted by atomic mass is 9.95. The van der Waals surface area contributed by atoms with Gasteiger partial charge in [0.15, 0.2) is 0 Å². The number of anilines is 1. The Morgan fingerprint density at radius 3 is 2.33 bits per heavy atom. The van der Waals surface area contributed by atoms with Crippen LogP contribution in [0.3, 0.4) is 0 Å². The highest BCUT2D eigenvalue weighted by atomic mass is 35.5. The summed E-state index contributed by atoms with van der Waals surface area (Å²) < 4.78 is 0. The highest BCUT2D eigenvalue weighted by molar-refractivity contribution is 5.95. The second kappa shape index (κ2) is 8.89. The van der Waals surface area contributed by atoms with Crippen LogP contribution in [0.4, 0.5) is 10.5 Å². The zero-order valence-electron chi connectivity index (χ0n) is 14.2. The molecule has 0 saturated carbocycles. The third-order valence-corrected chi connectivity index (χ3v) is 4.23. The average Bonchev–Trinajstić information content (AvgIpc) is 2.54. The van der Waals surface area contributed by atoms with Crippen LogP contribution in [-0.4, -0.2) is 42.0 Å². The largest absolute Gasteiger partial charge is 0.341 e. The topological polar surface area (TPSA) is 87.5 Å². The van der Waals surface area contributed by atoms with Crippen molar-refractivity contribution in [3.63, 3.8) is 0 Å². The first kappa shape index (κ1) is 20.3. The molecule has 1 aliphatic heterocycles. The number of nitrogens with one attached hydrogen (secondary N) is 2. The van der Waals surface area contributed by atoms with Gasteiger partial charge in [-0.05, 0) is 51.3 Å². The molecule has 1 fully saturated rings. The number of rotatable bonds is 4. The molecule has 0 aliphatic carbocycles. The van der Waals surface area contributed by atoms with Crippen molar-refractivity contribution < 1.29 is 9.59 Å². The van der Waals surface area contributed by atoms with Gasteiger partial charge in [0.2, 0.25) is 5.91 Å². The van der Waals surface area contributed by atoms with Crippen LogP contribution in [0.5, 0.6) is 0 Å². The number of hydrogen-bond donors (Lipinski definition) is 3. The molecule has 0 aromatic heterocycles. The maximum atomic E-state index is 12.7. The molecular weight excluding hydrogens is 328 g/mol. The number of benzene rings is 1. The molecule has 1 aromatic rings. The molecular formula is C17H27ClN4O2. The Bertz CT molecular complexity index is 543. The summed E-state index contributed by atoms with van der Waals surface area (Å²) in [4.78, 5) is 26.6. The molecule has 2 rings (SSSR count). The summed E-state index contributed by atoms with van der Waals surface area (Å²) in [5, 5.41) is 5.50. The second-order valence-corrected chi connectivity index (χ2v) is 6.54. The number of para-hydroxylation sites is 1. The Morgan fingerprint density at radius 2 is 1.79 bits per heavy atom. The first-order valence-corrected chi connectivity index (χ1v) is 8.06. The van der Waals surface area contributed by atoms with Gasteiger partial charge in [-0.25, -0.2) is 4.79 Å². The Morgan fingerprint density at radius 1 is 1.21 bits per heavy atom. The number of likely N-dealkylation sites (tertiary alicyclic amines) is 1. The van der Waals surface area contributed by atoms with Crippen molar-refractivity contribution in [2.24, 2.45) is 11.7 Å². The van der Waals surface area contributed by atoms with Crippen molar-refractivity contribution in [3.05, 3.63) is 30.3 Å². The van der Waals surface area contributed by atoms with E-state index in [-0.39, 0.29) is 24.3 Å². The molecule has 0 atom stereocenters. The molecule has 0 radical (unpaired) electrons. The zero-order chi connectivity index (χ0) is 16.9. The first-order valence-electron chi connectivity index (χ1n) is 8.06. The quantitative estimate of drug-likeness (QED) is 0.774. The van der Waals surface area contributed by atoms with E-state index in [2.05, 4.69) is 10.6 Å². The number of nitrogens with two attached hydrogens (primary N) is 1. The number of carbonyl (C=O) groups is 2. The molecule has 0 spiro atoms. The van der Waals surface area contributed by atoms with Crippen molar-refractivity contribution in [1.82, 2.24) is 10.2 Å². The SMILES string of the molecule is CC(C)(NC(=O)Nc1ccccc1)C(=O)N1CCC(CN)CC1.Cl. The van der Waals surface area contributed by atoms with Crippen molar-refractivity contribution in [1.29, 1.82) is 0 Å². The van der Waals surface area contributed by atoms with Crippen molar-refractivity contribution >= 4 is 30.0 Å². The summed E-state index contributed by atoms with van der Waals surface area (Å²) >= 11 is 0. The van der Waals surface area contributed by atoms with Crippen LogP contribution < -0.4 is 16.4 Å². The van der Waals surface area contributed by atoms with Gasteiger partial charge < -0.3 is 21.3 Å². The van der Waals surface area contributed by atoms with Crippen molar-refractivity contribution in [3.8, 4) is 0 Å². The van der Waals surface area contributed by atoms with Gasteiger partial charge >= 0.3 is 6.03 Å². The number of carbonyl (C=O) groups excluding carboxylic acids is 2. The first-order chi connectivity index (χ1) is 10.9. The van der Waals surface area contributed by atoms with Crippen LogP contribution in [-0.2, 0) is 4.79 Å². The lowest BCUT2D eigenvalue weighted by molar-refractivity contribution is -0.138. The van der Waals surface area contributed by atoms with E-state index in [1.807, 2.05) is 23.1 Å². The molecule has 24 heavy (non-hydrogen) atoms. The maximum Gasteiger partial charge on any atom is 0.320 e. The molecule has 6 nitrogen and oxygen atoms in total. The summed E-state index contributed by atoms with van der Waals surface area (Å²) in [5.74, 6) is 0.438. The summed E-state index contributed by atoms with van der Waals surface area (Å²) in [6.07, 6.45) is 1.85.